The summed E-state index contributed by atoms with van der Waals surface area (Å²) in [4.78, 5) is 13.1. The van der Waals surface area contributed by atoms with Crippen LogP contribution in [-0.4, -0.2) is 32.3 Å². The van der Waals surface area contributed by atoms with Gasteiger partial charge in [0.2, 0.25) is 5.82 Å². The van der Waals surface area contributed by atoms with Crippen molar-refractivity contribution in [2.45, 2.75) is 6.54 Å². The van der Waals surface area contributed by atoms with Gasteiger partial charge in [-0.05, 0) is 11.3 Å². The largest absolute Gasteiger partial charge is 0.271 e. The summed E-state index contributed by atoms with van der Waals surface area (Å²) in [5.74, 6) is 0.0956. The molecular weight excluding hydrogens is 328 g/mol. The van der Waals surface area contributed by atoms with E-state index in [0.717, 1.165) is 5.56 Å². The lowest BCUT2D eigenvalue weighted by atomic mass is 10.2. The number of hydrazone groups is 1. The first-order chi connectivity index (χ1) is 11.7. The highest BCUT2D eigenvalue weighted by Gasteiger charge is 2.08. The molecule has 0 atom stereocenters. The van der Waals surface area contributed by atoms with E-state index in [-0.39, 0.29) is 12.5 Å². The maximum Gasteiger partial charge on any atom is 0.263 e. The van der Waals surface area contributed by atoms with Crippen LogP contribution < -0.4 is 5.43 Å². The number of nitrogens with zero attached hydrogens (tertiary/aromatic N) is 5. The third-order valence-corrected chi connectivity index (χ3v) is 3.41. The molecule has 24 heavy (non-hydrogen) atoms. The summed E-state index contributed by atoms with van der Waals surface area (Å²) < 4.78 is 0. The molecule has 0 aliphatic heterocycles. The number of carbonyl (C=O) groups excluding carboxylic acids is 1. The molecule has 1 N–H and O–H groups in total. The Balaban J connectivity index is 1.58. The third kappa shape index (κ3) is 4.02. The number of carbonyl (C=O) groups is 1. The van der Waals surface area contributed by atoms with Gasteiger partial charge in [-0.2, -0.15) is 9.90 Å². The van der Waals surface area contributed by atoms with Crippen LogP contribution in [0, 0.1) is 0 Å². The number of aromatic nitrogens is 4. The van der Waals surface area contributed by atoms with Crippen molar-refractivity contribution in [2.75, 3.05) is 0 Å². The van der Waals surface area contributed by atoms with Crippen LogP contribution in [0.2, 0.25) is 5.02 Å². The fourth-order valence-corrected chi connectivity index (χ4v) is 2.11. The van der Waals surface area contributed by atoms with Gasteiger partial charge in [0.05, 0.1) is 6.21 Å². The van der Waals surface area contributed by atoms with E-state index in [1.54, 1.807) is 12.1 Å². The van der Waals surface area contributed by atoms with E-state index in [0.29, 0.717) is 16.4 Å². The number of hydrogen-bond acceptors (Lipinski definition) is 5. The van der Waals surface area contributed by atoms with E-state index >= 15 is 0 Å². The summed E-state index contributed by atoms with van der Waals surface area (Å²) in [5, 5.41) is 16.4. The zero-order valence-corrected chi connectivity index (χ0v) is 13.3. The fraction of sp³-hybridized carbons (Fsp3) is 0.0625. The number of hydrogen-bond donors (Lipinski definition) is 1. The summed E-state index contributed by atoms with van der Waals surface area (Å²) in [6.45, 7) is -0.0836. The van der Waals surface area contributed by atoms with Crippen LogP contribution in [0.4, 0.5) is 0 Å². The second kappa shape index (κ2) is 7.47. The van der Waals surface area contributed by atoms with Gasteiger partial charge >= 0.3 is 0 Å². The molecule has 0 spiro atoms. The Morgan fingerprint density at radius 1 is 1.17 bits per heavy atom. The molecule has 0 saturated heterocycles. The SMILES string of the molecule is O=C(Cn1nnc(-c2ccccc2)n1)N/N=C\c1ccccc1Cl. The first kappa shape index (κ1) is 15.8. The predicted molar refractivity (Wildman–Crippen MR) is 90.4 cm³/mol. The summed E-state index contributed by atoms with van der Waals surface area (Å²) in [5.41, 5.74) is 3.95. The summed E-state index contributed by atoms with van der Waals surface area (Å²) in [6, 6.07) is 16.6. The van der Waals surface area contributed by atoms with Crippen molar-refractivity contribution in [1.82, 2.24) is 25.6 Å². The monoisotopic (exact) mass is 340 g/mol. The van der Waals surface area contributed by atoms with Crippen molar-refractivity contribution in [1.29, 1.82) is 0 Å². The average Bonchev–Trinajstić information content (AvgIpc) is 3.06. The Morgan fingerprint density at radius 2 is 1.92 bits per heavy atom. The van der Waals surface area contributed by atoms with Crippen molar-refractivity contribution < 1.29 is 4.79 Å². The minimum absolute atomic E-state index is 0.0836. The highest BCUT2D eigenvalue weighted by Crippen LogP contribution is 2.12. The number of halogens is 1. The van der Waals surface area contributed by atoms with E-state index in [4.69, 9.17) is 11.6 Å². The van der Waals surface area contributed by atoms with E-state index in [1.807, 2.05) is 42.5 Å². The first-order valence-electron chi connectivity index (χ1n) is 7.12. The van der Waals surface area contributed by atoms with Gasteiger partial charge in [0, 0.05) is 16.1 Å². The van der Waals surface area contributed by atoms with Gasteiger partial charge in [0.15, 0.2) is 0 Å². The van der Waals surface area contributed by atoms with Crippen LogP contribution in [0.5, 0.6) is 0 Å². The molecule has 0 bridgehead atoms. The molecule has 120 valence electrons. The zero-order chi connectivity index (χ0) is 16.8. The zero-order valence-electron chi connectivity index (χ0n) is 12.5. The Kier molecular flexibility index (Phi) is 4.93. The molecule has 0 saturated carbocycles. The van der Waals surface area contributed by atoms with E-state index in [2.05, 4.69) is 25.9 Å². The highest BCUT2D eigenvalue weighted by molar-refractivity contribution is 6.33. The quantitative estimate of drug-likeness (QED) is 0.569. The standard InChI is InChI=1S/C16H13ClN6O/c17-14-9-5-4-8-13(14)10-18-19-15(24)11-23-21-16(20-22-23)12-6-2-1-3-7-12/h1-10H,11H2,(H,19,24)/b18-10-. The normalized spacial score (nSPS) is 10.9. The van der Waals surface area contributed by atoms with Crippen LogP contribution in [0.15, 0.2) is 59.7 Å². The van der Waals surface area contributed by atoms with Crippen molar-refractivity contribution >= 4 is 23.7 Å². The molecule has 7 nitrogen and oxygen atoms in total. The lowest BCUT2D eigenvalue weighted by Crippen LogP contribution is -2.24. The van der Waals surface area contributed by atoms with E-state index < -0.39 is 0 Å². The molecule has 2 aromatic carbocycles. The molecule has 0 radical (unpaired) electrons. The second-order valence-corrected chi connectivity index (χ2v) is 5.23. The number of benzene rings is 2. The molecule has 0 aliphatic carbocycles. The van der Waals surface area contributed by atoms with Crippen molar-refractivity contribution in [3.05, 3.63) is 65.2 Å². The van der Waals surface area contributed by atoms with Crippen molar-refractivity contribution in [3.8, 4) is 11.4 Å². The van der Waals surface area contributed by atoms with Gasteiger partial charge in [0.1, 0.15) is 6.54 Å². The number of nitrogens with one attached hydrogen (secondary N) is 1. The molecule has 0 aliphatic rings. The summed E-state index contributed by atoms with van der Waals surface area (Å²) in [6.07, 6.45) is 1.48. The van der Waals surface area contributed by atoms with Gasteiger partial charge < -0.3 is 0 Å². The molecule has 1 aromatic heterocycles. The Labute approximate surface area is 143 Å². The number of tetrazole rings is 1. The minimum Gasteiger partial charge on any atom is -0.271 e. The lowest BCUT2D eigenvalue weighted by Gasteiger charge is -1.99. The Morgan fingerprint density at radius 3 is 2.71 bits per heavy atom. The molecule has 1 heterocycles. The van der Waals surface area contributed by atoms with Crippen LogP contribution in [0.25, 0.3) is 11.4 Å². The fourth-order valence-electron chi connectivity index (χ4n) is 1.93. The molecule has 3 aromatic rings. The van der Waals surface area contributed by atoms with Gasteiger partial charge in [-0.15, -0.1) is 10.2 Å². The van der Waals surface area contributed by atoms with Crippen LogP contribution in [0.3, 0.4) is 0 Å². The number of rotatable bonds is 5. The molecule has 1 amide bonds. The van der Waals surface area contributed by atoms with Gasteiger partial charge in [-0.3, -0.25) is 4.79 Å². The topological polar surface area (TPSA) is 85.1 Å². The highest BCUT2D eigenvalue weighted by atomic mass is 35.5. The summed E-state index contributed by atoms with van der Waals surface area (Å²) >= 11 is 5.99. The third-order valence-electron chi connectivity index (χ3n) is 3.07. The lowest BCUT2D eigenvalue weighted by molar-refractivity contribution is -0.122. The van der Waals surface area contributed by atoms with Crippen LogP contribution in [-0.2, 0) is 11.3 Å². The molecule has 8 heteroatoms. The molecule has 0 unspecified atom stereocenters. The maximum atomic E-state index is 11.8. The van der Waals surface area contributed by atoms with Gasteiger partial charge in [-0.25, -0.2) is 5.43 Å². The van der Waals surface area contributed by atoms with Crippen molar-refractivity contribution in [2.24, 2.45) is 5.10 Å². The first-order valence-corrected chi connectivity index (χ1v) is 7.50. The smallest absolute Gasteiger partial charge is 0.263 e. The Hall–Kier alpha value is -3.06. The van der Waals surface area contributed by atoms with E-state index in [9.17, 15) is 4.79 Å². The summed E-state index contributed by atoms with van der Waals surface area (Å²) in [7, 11) is 0. The van der Waals surface area contributed by atoms with Crippen LogP contribution in [0.1, 0.15) is 5.56 Å². The molecular formula is C16H13ClN6O. The van der Waals surface area contributed by atoms with E-state index in [1.165, 1.54) is 11.0 Å². The molecule has 0 fully saturated rings. The second-order valence-electron chi connectivity index (χ2n) is 4.82. The predicted octanol–water partition coefficient (Wildman–Crippen LogP) is 2.14. The van der Waals surface area contributed by atoms with Crippen LogP contribution >= 0.6 is 11.6 Å². The minimum atomic E-state index is -0.365. The average molecular weight is 341 g/mol. The number of amides is 1. The van der Waals surface area contributed by atoms with Crippen molar-refractivity contribution in [3.63, 3.8) is 0 Å². The van der Waals surface area contributed by atoms with Gasteiger partial charge in [-0.1, -0.05) is 60.1 Å². The maximum absolute atomic E-state index is 11.8. The molecule has 3 rings (SSSR count). The Bertz CT molecular complexity index is 862. The van der Waals surface area contributed by atoms with Gasteiger partial charge in [0.25, 0.3) is 5.91 Å².